The Hall–Kier alpha value is -4.11. The fraction of sp³-hybridized carbons (Fsp3) is 0.276. The Balaban J connectivity index is 1.76. The first-order valence-electron chi connectivity index (χ1n) is 11.7. The smallest absolute Gasteiger partial charge is 0.305 e. The van der Waals surface area contributed by atoms with Crippen LogP contribution in [0.2, 0.25) is 0 Å². The van der Waals surface area contributed by atoms with E-state index in [9.17, 15) is 9.59 Å². The van der Waals surface area contributed by atoms with Crippen molar-refractivity contribution in [3.8, 4) is 17.2 Å². The summed E-state index contributed by atoms with van der Waals surface area (Å²) >= 11 is 0. The lowest BCUT2D eigenvalue weighted by Gasteiger charge is -2.32. The van der Waals surface area contributed by atoms with Crippen molar-refractivity contribution in [1.82, 2.24) is 5.32 Å². The van der Waals surface area contributed by atoms with Crippen molar-refractivity contribution in [2.24, 2.45) is 5.92 Å². The highest BCUT2D eigenvalue weighted by molar-refractivity contribution is 5.94. The van der Waals surface area contributed by atoms with Gasteiger partial charge in [-0.05, 0) is 65.4 Å². The van der Waals surface area contributed by atoms with Crippen LogP contribution in [0, 0.1) is 17.2 Å². The van der Waals surface area contributed by atoms with E-state index in [2.05, 4.69) is 61.4 Å². The zero-order valence-corrected chi connectivity index (χ0v) is 20.4. The summed E-state index contributed by atoms with van der Waals surface area (Å²) in [5.74, 6) is -0.741. The van der Waals surface area contributed by atoms with Crippen LogP contribution in [0.25, 0.3) is 11.1 Å². The average Bonchev–Trinajstić information content (AvgIpc) is 2.87. The van der Waals surface area contributed by atoms with E-state index in [0.29, 0.717) is 17.0 Å². The number of nitrogens with one attached hydrogen (secondary N) is 1. The molecule has 3 aromatic rings. The lowest BCUT2D eigenvalue weighted by molar-refractivity contribution is -0.136. The van der Waals surface area contributed by atoms with E-state index >= 15 is 0 Å². The molecule has 0 aliphatic rings. The van der Waals surface area contributed by atoms with Crippen LogP contribution in [-0.4, -0.2) is 30.6 Å². The van der Waals surface area contributed by atoms with Gasteiger partial charge in [0.15, 0.2) is 0 Å². The molecule has 0 radical (unpaired) electrons. The predicted molar refractivity (Wildman–Crippen MR) is 138 cm³/mol. The molecule has 2 N–H and O–H groups in total. The van der Waals surface area contributed by atoms with Crippen LogP contribution in [0.4, 0.5) is 5.69 Å². The quantitative estimate of drug-likeness (QED) is 0.400. The van der Waals surface area contributed by atoms with Gasteiger partial charge in [0.2, 0.25) is 0 Å². The topological polar surface area (TPSA) is 93.4 Å². The molecule has 0 aliphatic carbocycles. The highest BCUT2D eigenvalue weighted by Crippen LogP contribution is 2.32. The molecule has 3 rings (SSSR count). The summed E-state index contributed by atoms with van der Waals surface area (Å²) in [7, 11) is 2.08. The third kappa shape index (κ3) is 6.94. The van der Waals surface area contributed by atoms with Gasteiger partial charge >= 0.3 is 5.97 Å². The minimum absolute atomic E-state index is 0.102. The van der Waals surface area contributed by atoms with Gasteiger partial charge in [-0.3, -0.25) is 9.59 Å². The Kier molecular flexibility index (Phi) is 8.63. The van der Waals surface area contributed by atoms with Crippen molar-refractivity contribution >= 4 is 17.6 Å². The number of amides is 1. The number of anilines is 1. The van der Waals surface area contributed by atoms with Crippen LogP contribution in [0.15, 0.2) is 72.8 Å². The largest absolute Gasteiger partial charge is 0.481 e. The van der Waals surface area contributed by atoms with Crippen molar-refractivity contribution < 1.29 is 14.7 Å². The monoisotopic (exact) mass is 469 g/mol. The van der Waals surface area contributed by atoms with Crippen molar-refractivity contribution in [2.75, 3.05) is 18.5 Å². The molecule has 0 aromatic heterocycles. The van der Waals surface area contributed by atoms with Gasteiger partial charge in [0.05, 0.1) is 24.1 Å². The van der Waals surface area contributed by atoms with Crippen LogP contribution in [0.3, 0.4) is 0 Å². The first kappa shape index (κ1) is 25.5. The number of rotatable bonds is 10. The van der Waals surface area contributed by atoms with E-state index in [1.165, 1.54) is 0 Å². The second kappa shape index (κ2) is 11.8. The minimum atomic E-state index is -0.940. The van der Waals surface area contributed by atoms with Gasteiger partial charge in [-0.25, -0.2) is 0 Å². The Labute approximate surface area is 206 Å². The molecule has 1 atom stereocenters. The third-order valence-electron chi connectivity index (χ3n) is 5.97. The van der Waals surface area contributed by atoms with Crippen molar-refractivity contribution in [3.63, 3.8) is 0 Å². The summed E-state index contributed by atoms with van der Waals surface area (Å²) in [4.78, 5) is 25.2. The van der Waals surface area contributed by atoms with Gasteiger partial charge in [-0.2, -0.15) is 5.26 Å². The summed E-state index contributed by atoms with van der Waals surface area (Å²) in [5, 5.41) is 20.4. The average molecular weight is 470 g/mol. The number of hydrogen-bond acceptors (Lipinski definition) is 4. The number of carbonyl (C=O) groups is 2. The first-order valence-corrected chi connectivity index (χ1v) is 11.7. The van der Waals surface area contributed by atoms with Crippen LogP contribution in [0.1, 0.15) is 54.2 Å². The Morgan fingerprint density at radius 1 is 0.943 bits per heavy atom. The zero-order chi connectivity index (χ0) is 25.4. The summed E-state index contributed by atoms with van der Waals surface area (Å²) in [6, 6.07) is 25.7. The summed E-state index contributed by atoms with van der Waals surface area (Å²) in [6.07, 6.45) is 0.840. The van der Waals surface area contributed by atoms with Crippen molar-refractivity contribution in [3.05, 3.63) is 89.5 Å². The summed E-state index contributed by atoms with van der Waals surface area (Å²) in [5.41, 5.74) is 5.50. The number of nitrogens with zero attached hydrogens (tertiary/aromatic N) is 2. The molecule has 0 heterocycles. The van der Waals surface area contributed by atoms with Gasteiger partial charge in [0.1, 0.15) is 0 Å². The molecule has 180 valence electrons. The zero-order valence-electron chi connectivity index (χ0n) is 20.4. The van der Waals surface area contributed by atoms with Gasteiger partial charge in [-0.15, -0.1) is 0 Å². The van der Waals surface area contributed by atoms with Crippen LogP contribution >= 0.6 is 0 Å². The molecular formula is C29H31N3O3. The van der Waals surface area contributed by atoms with Gasteiger partial charge in [-0.1, -0.05) is 50.2 Å². The fourth-order valence-electron chi connectivity index (χ4n) is 4.01. The summed E-state index contributed by atoms with van der Waals surface area (Å²) < 4.78 is 0. The van der Waals surface area contributed by atoms with E-state index in [1.807, 2.05) is 36.4 Å². The maximum Gasteiger partial charge on any atom is 0.305 e. The van der Waals surface area contributed by atoms with E-state index < -0.39 is 5.97 Å². The molecular weight excluding hydrogens is 438 g/mol. The standard InChI is InChI=1S/C29H31N3O3/c1-20(2)18-27(24-8-10-25(11-9-24)29(35)31-17-16-28(33)34)32(3)26-14-12-23(13-15-26)22-6-4-21(19-30)5-7-22/h4-15,20,27H,16-18H2,1-3H3,(H,31,35)(H,33,34). The second-order valence-corrected chi connectivity index (χ2v) is 9.01. The maximum atomic E-state index is 12.3. The van der Waals surface area contributed by atoms with E-state index in [4.69, 9.17) is 10.4 Å². The molecule has 0 spiro atoms. The highest BCUT2D eigenvalue weighted by atomic mass is 16.4. The molecule has 0 saturated heterocycles. The van der Waals surface area contributed by atoms with Gasteiger partial charge < -0.3 is 15.3 Å². The van der Waals surface area contributed by atoms with Gasteiger partial charge in [0.25, 0.3) is 5.91 Å². The molecule has 1 unspecified atom stereocenters. The molecule has 35 heavy (non-hydrogen) atoms. The fourth-order valence-corrected chi connectivity index (χ4v) is 4.01. The molecule has 6 heteroatoms. The molecule has 3 aromatic carbocycles. The van der Waals surface area contributed by atoms with E-state index in [0.717, 1.165) is 28.8 Å². The Morgan fingerprint density at radius 2 is 1.51 bits per heavy atom. The Bertz CT molecular complexity index is 1180. The summed E-state index contributed by atoms with van der Waals surface area (Å²) in [6.45, 7) is 4.49. The van der Waals surface area contributed by atoms with Gasteiger partial charge in [0, 0.05) is 24.8 Å². The lowest BCUT2D eigenvalue weighted by atomic mass is 9.94. The predicted octanol–water partition coefficient (Wildman–Crippen LogP) is 5.65. The van der Waals surface area contributed by atoms with Crippen LogP contribution in [0.5, 0.6) is 0 Å². The van der Waals surface area contributed by atoms with Crippen molar-refractivity contribution in [1.29, 1.82) is 5.26 Å². The molecule has 1 amide bonds. The molecule has 0 aliphatic heterocycles. The lowest BCUT2D eigenvalue weighted by Crippen LogP contribution is -2.27. The number of carbonyl (C=O) groups excluding carboxylic acids is 1. The number of carboxylic acid groups (broad SMARTS) is 1. The Morgan fingerprint density at radius 3 is 2.03 bits per heavy atom. The van der Waals surface area contributed by atoms with Crippen LogP contribution < -0.4 is 10.2 Å². The normalized spacial score (nSPS) is 11.5. The highest BCUT2D eigenvalue weighted by Gasteiger charge is 2.20. The number of carboxylic acids is 1. The number of nitriles is 1. The number of hydrogen-bond donors (Lipinski definition) is 2. The maximum absolute atomic E-state index is 12.3. The molecule has 0 saturated carbocycles. The molecule has 0 fully saturated rings. The number of benzene rings is 3. The van der Waals surface area contributed by atoms with Crippen LogP contribution in [-0.2, 0) is 4.79 Å². The minimum Gasteiger partial charge on any atom is -0.481 e. The first-order chi connectivity index (χ1) is 16.8. The third-order valence-corrected chi connectivity index (χ3v) is 5.97. The van der Waals surface area contributed by atoms with Crippen molar-refractivity contribution in [2.45, 2.75) is 32.7 Å². The second-order valence-electron chi connectivity index (χ2n) is 9.01. The SMILES string of the molecule is CC(C)CC(c1ccc(C(=O)NCCC(=O)O)cc1)N(C)c1ccc(-c2ccc(C#N)cc2)cc1. The molecule has 0 bridgehead atoms. The van der Waals surface area contributed by atoms with E-state index in [1.54, 1.807) is 12.1 Å². The number of aliphatic carboxylic acids is 1. The molecule has 6 nitrogen and oxygen atoms in total. The van der Waals surface area contributed by atoms with E-state index in [-0.39, 0.29) is 24.9 Å².